The molecule has 1 unspecified atom stereocenters. The number of ether oxygens (including phenoxy) is 2. The minimum absolute atomic E-state index is 0.127. The van der Waals surface area contributed by atoms with Crippen LogP contribution < -0.4 is 19.5 Å². The van der Waals surface area contributed by atoms with E-state index >= 15 is 0 Å². The van der Waals surface area contributed by atoms with E-state index in [9.17, 15) is 22.8 Å². The number of nitrogens with two attached hydrogens (primary N) is 1. The normalized spacial score (nSPS) is 18.0. The van der Waals surface area contributed by atoms with Crippen LogP contribution in [0.1, 0.15) is 24.8 Å². The van der Waals surface area contributed by atoms with Crippen molar-refractivity contribution in [2.45, 2.75) is 36.6 Å². The van der Waals surface area contributed by atoms with Crippen LogP contribution in [0.5, 0.6) is 11.5 Å². The Morgan fingerprint density at radius 1 is 1.06 bits per heavy atom. The summed E-state index contributed by atoms with van der Waals surface area (Å²) in [6, 6.07) is 9.73. The third-order valence-corrected chi connectivity index (χ3v) is 7.15. The molecule has 1 saturated heterocycles. The molecule has 0 radical (unpaired) electrons. The lowest BCUT2D eigenvalue weighted by Crippen LogP contribution is -2.47. The maximum absolute atomic E-state index is 13.3. The Kier molecular flexibility index (Phi) is 6.82. The molecule has 35 heavy (non-hydrogen) atoms. The summed E-state index contributed by atoms with van der Waals surface area (Å²) in [6.45, 7) is 0.257. The molecular weight excluding hydrogens is 474 g/mol. The van der Waals surface area contributed by atoms with Crippen molar-refractivity contribution in [1.29, 1.82) is 0 Å². The van der Waals surface area contributed by atoms with E-state index in [-0.39, 0.29) is 35.4 Å². The van der Waals surface area contributed by atoms with Gasteiger partial charge in [-0.15, -0.1) is 0 Å². The van der Waals surface area contributed by atoms with E-state index in [4.69, 9.17) is 14.6 Å². The van der Waals surface area contributed by atoms with Gasteiger partial charge in [0, 0.05) is 12.5 Å². The Balaban J connectivity index is 1.55. The summed E-state index contributed by atoms with van der Waals surface area (Å²) in [7, 11) is -0.824. The van der Waals surface area contributed by atoms with Crippen molar-refractivity contribution in [3.8, 4) is 11.5 Å². The summed E-state index contributed by atoms with van der Waals surface area (Å²) in [5, 5.41) is 5.13. The first-order valence-corrected chi connectivity index (χ1v) is 12.7. The zero-order chi connectivity index (χ0) is 25.3. The van der Waals surface area contributed by atoms with Crippen LogP contribution in [0.3, 0.4) is 0 Å². The van der Waals surface area contributed by atoms with Crippen molar-refractivity contribution in [2.24, 2.45) is 11.1 Å². The molecule has 10 nitrogen and oxygen atoms in total. The SMILES string of the molecule is COc1ccc(CCN(C(=O)C2CC2)C2CC(=O)N(c3ccc(S(N)(=O)=O)cc3)C2=O)cc1OC. The molecule has 1 atom stereocenters. The van der Waals surface area contributed by atoms with Gasteiger partial charge in [-0.2, -0.15) is 0 Å². The summed E-state index contributed by atoms with van der Waals surface area (Å²) in [5.74, 6) is -0.0914. The summed E-state index contributed by atoms with van der Waals surface area (Å²) < 4.78 is 33.6. The second-order valence-corrected chi connectivity index (χ2v) is 10.1. The van der Waals surface area contributed by atoms with E-state index in [0.29, 0.717) is 17.9 Å². The average molecular weight is 502 g/mol. The number of amides is 3. The molecule has 0 bridgehead atoms. The number of nitrogens with zero attached hydrogens (tertiary/aromatic N) is 2. The van der Waals surface area contributed by atoms with Crippen LogP contribution in [0.25, 0.3) is 0 Å². The van der Waals surface area contributed by atoms with Crippen molar-refractivity contribution in [1.82, 2.24) is 4.90 Å². The highest BCUT2D eigenvalue weighted by atomic mass is 32.2. The lowest BCUT2D eigenvalue weighted by atomic mass is 10.1. The summed E-state index contributed by atoms with van der Waals surface area (Å²) in [6.07, 6.45) is 1.85. The number of carbonyl (C=O) groups is 3. The van der Waals surface area contributed by atoms with E-state index in [1.165, 1.54) is 36.3 Å². The first-order chi connectivity index (χ1) is 16.6. The molecule has 2 aromatic rings. The predicted molar refractivity (Wildman–Crippen MR) is 126 cm³/mol. The minimum Gasteiger partial charge on any atom is -0.493 e. The van der Waals surface area contributed by atoms with Gasteiger partial charge in [0.05, 0.1) is 31.2 Å². The van der Waals surface area contributed by atoms with Gasteiger partial charge in [0.25, 0.3) is 5.91 Å². The fourth-order valence-electron chi connectivity index (χ4n) is 4.19. The Morgan fingerprint density at radius 3 is 2.29 bits per heavy atom. The zero-order valence-electron chi connectivity index (χ0n) is 19.5. The molecule has 11 heteroatoms. The van der Waals surface area contributed by atoms with E-state index in [1.807, 2.05) is 12.1 Å². The highest BCUT2D eigenvalue weighted by molar-refractivity contribution is 7.89. The Bertz CT molecular complexity index is 1260. The molecule has 0 spiro atoms. The molecule has 4 rings (SSSR count). The fraction of sp³-hybridized carbons (Fsp3) is 0.375. The standard InChI is InChI=1S/C24H27N3O7S/c1-33-20-10-3-15(13-21(20)34-2)11-12-26(23(29)16-4-5-16)19-14-22(28)27(24(19)30)17-6-8-18(9-7-17)35(25,31)32/h3,6-10,13,16,19H,4-5,11-12,14H2,1-2H3,(H2,25,31,32). The molecule has 2 N–H and O–H groups in total. The maximum Gasteiger partial charge on any atom is 0.257 e. The summed E-state index contributed by atoms with van der Waals surface area (Å²) in [4.78, 5) is 41.6. The van der Waals surface area contributed by atoms with Crippen molar-refractivity contribution in [3.63, 3.8) is 0 Å². The van der Waals surface area contributed by atoms with Crippen molar-refractivity contribution < 1.29 is 32.3 Å². The van der Waals surface area contributed by atoms with Crippen LogP contribution in [0, 0.1) is 5.92 Å². The predicted octanol–water partition coefficient (Wildman–Crippen LogP) is 1.46. The fourth-order valence-corrected chi connectivity index (χ4v) is 4.70. The molecule has 3 amide bonds. The third-order valence-electron chi connectivity index (χ3n) is 6.22. The molecule has 1 heterocycles. The quantitative estimate of drug-likeness (QED) is 0.514. The van der Waals surface area contributed by atoms with Crippen LogP contribution in [0.2, 0.25) is 0 Å². The van der Waals surface area contributed by atoms with Gasteiger partial charge in [-0.05, 0) is 61.2 Å². The van der Waals surface area contributed by atoms with Crippen LogP contribution in [-0.2, 0) is 30.8 Å². The first kappa shape index (κ1) is 24.7. The van der Waals surface area contributed by atoms with E-state index in [0.717, 1.165) is 23.3 Å². The minimum atomic E-state index is -3.91. The number of carbonyl (C=O) groups excluding carboxylic acids is 3. The lowest BCUT2D eigenvalue weighted by molar-refractivity contribution is -0.139. The summed E-state index contributed by atoms with van der Waals surface area (Å²) >= 11 is 0. The van der Waals surface area contributed by atoms with Gasteiger partial charge in [-0.3, -0.25) is 14.4 Å². The smallest absolute Gasteiger partial charge is 0.257 e. The number of primary sulfonamides is 1. The van der Waals surface area contributed by atoms with Gasteiger partial charge in [-0.25, -0.2) is 18.5 Å². The number of methoxy groups -OCH3 is 2. The average Bonchev–Trinajstić information content (AvgIpc) is 3.64. The molecule has 1 aliphatic heterocycles. The van der Waals surface area contributed by atoms with Gasteiger partial charge in [0.15, 0.2) is 11.5 Å². The third kappa shape index (κ3) is 5.15. The molecule has 1 aliphatic carbocycles. The van der Waals surface area contributed by atoms with Crippen molar-refractivity contribution in [3.05, 3.63) is 48.0 Å². The van der Waals surface area contributed by atoms with Gasteiger partial charge in [0.1, 0.15) is 6.04 Å². The van der Waals surface area contributed by atoms with Gasteiger partial charge in [0.2, 0.25) is 21.8 Å². The molecule has 2 fully saturated rings. The molecule has 2 aromatic carbocycles. The van der Waals surface area contributed by atoms with Crippen molar-refractivity contribution in [2.75, 3.05) is 25.7 Å². The molecular formula is C24H27N3O7S. The number of anilines is 1. The van der Waals surface area contributed by atoms with Crippen LogP contribution in [0.15, 0.2) is 47.4 Å². The van der Waals surface area contributed by atoms with Crippen molar-refractivity contribution >= 4 is 33.4 Å². The molecule has 0 aromatic heterocycles. The van der Waals surface area contributed by atoms with E-state index < -0.39 is 27.9 Å². The number of benzene rings is 2. The zero-order valence-corrected chi connectivity index (χ0v) is 20.3. The van der Waals surface area contributed by atoms with Gasteiger partial charge in [-0.1, -0.05) is 6.07 Å². The number of sulfonamides is 1. The van der Waals surface area contributed by atoms with E-state index in [1.54, 1.807) is 13.2 Å². The van der Waals surface area contributed by atoms with E-state index in [2.05, 4.69) is 0 Å². The highest BCUT2D eigenvalue weighted by Crippen LogP contribution is 2.35. The molecule has 186 valence electrons. The number of hydrogen-bond donors (Lipinski definition) is 1. The first-order valence-electron chi connectivity index (χ1n) is 11.1. The number of hydrogen-bond acceptors (Lipinski definition) is 7. The van der Waals surface area contributed by atoms with Gasteiger partial charge >= 0.3 is 0 Å². The molecule has 1 saturated carbocycles. The second-order valence-electron chi connectivity index (χ2n) is 8.57. The Morgan fingerprint density at radius 2 is 1.71 bits per heavy atom. The maximum atomic E-state index is 13.3. The van der Waals surface area contributed by atoms with Crippen LogP contribution in [0.4, 0.5) is 5.69 Å². The Hall–Kier alpha value is -3.44. The largest absolute Gasteiger partial charge is 0.493 e. The van der Waals surface area contributed by atoms with Gasteiger partial charge < -0.3 is 14.4 Å². The molecule has 2 aliphatic rings. The Labute approximate surface area is 203 Å². The monoisotopic (exact) mass is 501 g/mol. The second kappa shape index (κ2) is 9.67. The number of rotatable bonds is 9. The summed E-state index contributed by atoms with van der Waals surface area (Å²) in [5.41, 5.74) is 1.12. The van der Waals surface area contributed by atoms with Crippen LogP contribution >= 0.6 is 0 Å². The highest BCUT2D eigenvalue weighted by Gasteiger charge is 2.46. The lowest BCUT2D eigenvalue weighted by Gasteiger charge is -2.28. The van der Waals surface area contributed by atoms with Crippen LogP contribution in [-0.4, -0.2) is 57.8 Å². The number of imide groups is 1. The topological polar surface area (TPSA) is 136 Å².